The molecule has 0 aliphatic heterocycles. The lowest BCUT2D eigenvalue weighted by Gasteiger charge is -2.23. The van der Waals surface area contributed by atoms with E-state index in [2.05, 4.69) is 42.7 Å². The summed E-state index contributed by atoms with van der Waals surface area (Å²) in [5.41, 5.74) is 2.80. The molecule has 0 aromatic carbocycles. The first-order valence-corrected chi connectivity index (χ1v) is 5.08. The molecule has 0 saturated heterocycles. The van der Waals surface area contributed by atoms with E-state index in [-0.39, 0.29) is 0 Å². The zero-order valence-corrected chi connectivity index (χ0v) is 8.46. The predicted octanol–water partition coefficient (Wildman–Crippen LogP) is 3.39. The monoisotopic (exact) mass is 175 g/mol. The van der Waals surface area contributed by atoms with Crippen molar-refractivity contribution < 1.29 is 0 Å². The summed E-state index contributed by atoms with van der Waals surface area (Å²) < 4.78 is 2.48. The van der Waals surface area contributed by atoms with Crippen LogP contribution in [-0.4, -0.2) is 4.57 Å². The Morgan fingerprint density at radius 2 is 1.85 bits per heavy atom. The van der Waals surface area contributed by atoms with E-state index in [4.69, 9.17) is 0 Å². The summed E-state index contributed by atoms with van der Waals surface area (Å²) in [6, 6.07) is 5.14. The van der Waals surface area contributed by atoms with Gasteiger partial charge < -0.3 is 4.57 Å². The van der Waals surface area contributed by atoms with Crippen molar-refractivity contribution in [3.05, 3.63) is 35.7 Å². The zero-order valence-electron chi connectivity index (χ0n) is 8.46. The average molecular weight is 175 g/mol. The van der Waals surface area contributed by atoms with Crippen LogP contribution in [0, 0.1) is 13.8 Å². The molecule has 2 rings (SSSR count). The highest BCUT2D eigenvalue weighted by atomic mass is 15.0. The summed E-state index contributed by atoms with van der Waals surface area (Å²) in [5.74, 6) is 0. The van der Waals surface area contributed by atoms with Gasteiger partial charge in [0.05, 0.1) is 0 Å². The molecule has 1 aromatic heterocycles. The van der Waals surface area contributed by atoms with Crippen LogP contribution in [0.2, 0.25) is 0 Å². The minimum Gasteiger partial charge on any atom is -0.346 e. The van der Waals surface area contributed by atoms with Crippen LogP contribution in [0.3, 0.4) is 0 Å². The third kappa shape index (κ3) is 1.55. The van der Waals surface area contributed by atoms with Gasteiger partial charge in [0.15, 0.2) is 0 Å². The van der Waals surface area contributed by atoms with Gasteiger partial charge in [0, 0.05) is 17.4 Å². The molecular weight excluding hydrogens is 158 g/mol. The number of allylic oxidation sites excluding steroid dienone is 2. The van der Waals surface area contributed by atoms with Gasteiger partial charge in [0.25, 0.3) is 0 Å². The van der Waals surface area contributed by atoms with E-state index in [1.807, 2.05) is 0 Å². The standard InChI is InChI=1S/C12H17N/c1-10-8-9-11(2)13(10)12-6-4-3-5-7-12/h3-4,8-9,12H,5-7H2,1-2H3. The number of nitrogens with zero attached hydrogens (tertiary/aromatic N) is 1. The van der Waals surface area contributed by atoms with E-state index in [9.17, 15) is 0 Å². The van der Waals surface area contributed by atoms with Gasteiger partial charge in [-0.15, -0.1) is 0 Å². The summed E-state index contributed by atoms with van der Waals surface area (Å²) in [4.78, 5) is 0. The number of rotatable bonds is 1. The van der Waals surface area contributed by atoms with Gasteiger partial charge in [-0.3, -0.25) is 0 Å². The Bertz CT molecular complexity index is 300. The second-order valence-corrected chi connectivity index (χ2v) is 3.92. The van der Waals surface area contributed by atoms with Gasteiger partial charge in [-0.05, 0) is 45.2 Å². The Morgan fingerprint density at radius 1 is 1.15 bits per heavy atom. The van der Waals surface area contributed by atoms with E-state index in [0.29, 0.717) is 6.04 Å². The fourth-order valence-electron chi connectivity index (χ4n) is 2.27. The van der Waals surface area contributed by atoms with Crippen molar-refractivity contribution in [3.8, 4) is 0 Å². The number of aromatic nitrogens is 1. The van der Waals surface area contributed by atoms with Gasteiger partial charge in [0.1, 0.15) is 0 Å². The van der Waals surface area contributed by atoms with Crippen molar-refractivity contribution in [2.24, 2.45) is 0 Å². The van der Waals surface area contributed by atoms with Crippen LogP contribution in [0.25, 0.3) is 0 Å². The Morgan fingerprint density at radius 3 is 2.38 bits per heavy atom. The molecule has 0 N–H and O–H groups in total. The molecule has 70 valence electrons. The minimum atomic E-state index is 0.708. The molecule has 1 atom stereocenters. The first-order chi connectivity index (χ1) is 6.29. The Labute approximate surface area is 80.1 Å². The molecule has 13 heavy (non-hydrogen) atoms. The molecular formula is C12H17N. The maximum atomic E-state index is 2.48. The Hall–Kier alpha value is -0.980. The second-order valence-electron chi connectivity index (χ2n) is 3.92. The van der Waals surface area contributed by atoms with Crippen molar-refractivity contribution in [3.63, 3.8) is 0 Å². The average Bonchev–Trinajstić information content (AvgIpc) is 2.48. The van der Waals surface area contributed by atoms with Crippen molar-refractivity contribution in [1.82, 2.24) is 4.57 Å². The number of hydrogen-bond donors (Lipinski definition) is 0. The van der Waals surface area contributed by atoms with Crippen LogP contribution in [0.1, 0.15) is 36.7 Å². The lowest BCUT2D eigenvalue weighted by atomic mass is 10.0. The highest BCUT2D eigenvalue weighted by Crippen LogP contribution is 2.26. The molecule has 1 nitrogen and oxygen atoms in total. The predicted molar refractivity (Wildman–Crippen MR) is 55.9 cm³/mol. The molecule has 0 amide bonds. The second kappa shape index (κ2) is 3.41. The topological polar surface area (TPSA) is 4.93 Å². The summed E-state index contributed by atoms with van der Waals surface area (Å²) in [6.45, 7) is 4.40. The quantitative estimate of drug-likeness (QED) is 0.577. The van der Waals surface area contributed by atoms with Crippen LogP contribution < -0.4 is 0 Å². The van der Waals surface area contributed by atoms with Gasteiger partial charge in [-0.25, -0.2) is 0 Å². The Balaban J connectivity index is 2.28. The normalized spacial score (nSPS) is 22.2. The summed E-state index contributed by atoms with van der Waals surface area (Å²) in [7, 11) is 0. The fourth-order valence-corrected chi connectivity index (χ4v) is 2.27. The van der Waals surface area contributed by atoms with E-state index in [0.717, 1.165) is 0 Å². The maximum absolute atomic E-state index is 2.48. The first-order valence-electron chi connectivity index (χ1n) is 5.08. The van der Waals surface area contributed by atoms with E-state index in [1.165, 1.54) is 30.7 Å². The highest BCUT2D eigenvalue weighted by Gasteiger charge is 2.14. The fraction of sp³-hybridized carbons (Fsp3) is 0.500. The molecule has 0 spiro atoms. The van der Waals surface area contributed by atoms with Gasteiger partial charge >= 0.3 is 0 Å². The van der Waals surface area contributed by atoms with Crippen LogP contribution in [-0.2, 0) is 0 Å². The smallest absolute Gasteiger partial charge is 0.0373 e. The number of hydrogen-bond acceptors (Lipinski definition) is 0. The first kappa shape index (κ1) is 8.61. The molecule has 0 fully saturated rings. The highest BCUT2D eigenvalue weighted by molar-refractivity contribution is 5.16. The third-order valence-electron chi connectivity index (χ3n) is 2.93. The molecule has 0 bridgehead atoms. The molecule has 1 heterocycles. The van der Waals surface area contributed by atoms with Gasteiger partial charge in [-0.2, -0.15) is 0 Å². The molecule has 1 aromatic rings. The van der Waals surface area contributed by atoms with Crippen LogP contribution in [0.4, 0.5) is 0 Å². The summed E-state index contributed by atoms with van der Waals surface area (Å²) in [6.07, 6.45) is 8.35. The molecule has 1 aliphatic rings. The van der Waals surface area contributed by atoms with Crippen molar-refractivity contribution >= 4 is 0 Å². The third-order valence-corrected chi connectivity index (χ3v) is 2.93. The molecule has 1 unspecified atom stereocenters. The lowest BCUT2D eigenvalue weighted by Crippen LogP contribution is -2.12. The van der Waals surface area contributed by atoms with E-state index >= 15 is 0 Å². The molecule has 1 aliphatic carbocycles. The van der Waals surface area contributed by atoms with Crippen molar-refractivity contribution in [1.29, 1.82) is 0 Å². The van der Waals surface area contributed by atoms with Crippen LogP contribution in [0.15, 0.2) is 24.3 Å². The van der Waals surface area contributed by atoms with Crippen LogP contribution in [0.5, 0.6) is 0 Å². The maximum Gasteiger partial charge on any atom is 0.0373 e. The van der Waals surface area contributed by atoms with Crippen LogP contribution >= 0.6 is 0 Å². The summed E-state index contributed by atoms with van der Waals surface area (Å²) >= 11 is 0. The largest absolute Gasteiger partial charge is 0.346 e. The summed E-state index contributed by atoms with van der Waals surface area (Å²) in [5, 5.41) is 0. The lowest BCUT2D eigenvalue weighted by molar-refractivity contribution is 0.447. The molecule has 1 heteroatoms. The Kier molecular flexibility index (Phi) is 2.26. The van der Waals surface area contributed by atoms with E-state index in [1.54, 1.807) is 0 Å². The number of aryl methyl sites for hydroxylation is 2. The van der Waals surface area contributed by atoms with E-state index < -0.39 is 0 Å². The van der Waals surface area contributed by atoms with Gasteiger partial charge in [0.2, 0.25) is 0 Å². The minimum absolute atomic E-state index is 0.708. The zero-order chi connectivity index (χ0) is 9.26. The van der Waals surface area contributed by atoms with Gasteiger partial charge in [-0.1, -0.05) is 12.2 Å². The SMILES string of the molecule is Cc1ccc(C)n1C1CC=CCC1. The molecule has 0 saturated carbocycles. The molecule has 0 radical (unpaired) electrons. The van der Waals surface area contributed by atoms with Crippen molar-refractivity contribution in [2.75, 3.05) is 0 Å². The van der Waals surface area contributed by atoms with Crippen molar-refractivity contribution in [2.45, 2.75) is 39.2 Å².